The molecule has 0 fully saturated rings. The zero-order chi connectivity index (χ0) is 10.6. The predicted octanol–water partition coefficient (Wildman–Crippen LogP) is 1.39. The second-order valence-corrected chi connectivity index (χ2v) is 3.52. The van der Waals surface area contributed by atoms with Crippen molar-refractivity contribution < 1.29 is 4.39 Å². The number of hydrogen-bond acceptors (Lipinski definition) is 3. The van der Waals surface area contributed by atoms with Crippen LogP contribution in [0.1, 0.15) is 13.3 Å². The summed E-state index contributed by atoms with van der Waals surface area (Å²) in [6, 6.07) is 3.25. The van der Waals surface area contributed by atoms with E-state index < -0.39 is 0 Å². The molecule has 0 saturated heterocycles. The molecule has 1 rings (SSSR count). The number of nitrogens with zero attached hydrogens (tertiary/aromatic N) is 2. The van der Waals surface area contributed by atoms with Crippen molar-refractivity contribution in [2.24, 2.45) is 5.73 Å². The Labute approximate surface area is 83.7 Å². The fourth-order valence-electron chi connectivity index (χ4n) is 1.11. The van der Waals surface area contributed by atoms with Crippen LogP contribution < -0.4 is 10.6 Å². The lowest BCUT2D eigenvalue weighted by Crippen LogP contribution is -2.26. The lowest BCUT2D eigenvalue weighted by atomic mass is 10.2. The van der Waals surface area contributed by atoms with E-state index >= 15 is 0 Å². The predicted molar refractivity (Wildman–Crippen MR) is 55.7 cm³/mol. The first kappa shape index (κ1) is 10.9. The highest BCUT2D eigenvalue weighted by Crippen LogP contribution is 2.09. The van der Waals surface area contributed by atoms with Gasteiger partial charge in [-0.3, -0.25) is 0 Å². The van der Waals surface area contributed by atoms with Gasteiger partial charge in [0.15, 0.2) is 0 Å². The third-order valence-corrected chi connectivity index (χ3v) is 2.02. The van der Waals surface area contributed by atoms with E-state index in [9.17, 15) is 4.39 Å². The van der Waals surface area contributed by atoms with Crippen LogP contribution in [0, 0.1) is 5.82 Å². The Bertz CT molecular complexity index is 271. The third kappa shape index (κ3) is 3.30. The van der Waals surface area contributed by atoms with Gasteiger partial charge in [0.05, 0.1) is 6.20 Å². The van der Waals surface area contributed by atoms with Gasteiger partial charge < -0.3 is 10.6 Å². The molecule has 1 unspecified atom stereocenters. The van der Waals surface area contributed by atoms with Crippen LogP contribution >= 0.6 is 0 Å². The minimum Gasteiger partial charge on any atom is -0.360 e. The molecule has 1 atom stereocenters. The summed E-state index contributed by atoms with van der Waals surface area (Å²) < 4.78 is 12.6. The molecule has 0 aromatic carbocycles. The van der Waals surface area contributed by atoms with Gasteiger partial charge in [0.1, 0.15) is 11.6 Å². The number of rotatable bonds is 4. The van der Waals surface area contributed by atoms with Crippen molar-refractivity contribution in [3.05, 3.63) is 24.1 Å². The first-order valence-corrected chi connectivity index (χ1v) is 4.68. The topological polar surface area (TPSA) is 42.1 Å². The Morgan fingerprint density at radius 1 is 1.57 bits per heavy atom. The SMILES string of the molecule is CC(N)CCN(C)c1ccc(F)cn1. The maximum Gasteiger partial charge on any atom is 0.141 e. The van der Waals surface area contributed by atoms with Crippen LogP contribution in [0.15, 0.2) is 18.3 Å². The minimum absolute atomic E-state index is 0.179. The van der Waals surface area contributed by atoms with E-state index in [0.29, 0.717) is 0 Å². The van der Waals surface area contributed by atoms with E-state index in [1.165, 1.54) is 12.3 Å². The molecular weight excluding hydrogens is 181 g/mol. The molecule has 0 aliphatic heterocycles. The normalized spacial score (nSPS) is 12.6. The first-order chi connectivity index (χ1) is 6.59. The molecular formula is C10H16FN3. The Morgan fingerprint density at radius 3 is 2.79 bits per heavy atom. The highest BCUT2D eigenvalue weighted by molar-refractivity contribution is 5.36. The standard InChI is InChI=1S/C10H16FN3/c1-8(12)5-6-14(2)10-4-3-9(11)7-13-10/h3-4,7-8H,5-6,12H2,1-2H3. The summed E-state index contributed by atoms with van der Waals surface area (Å²) in [6.07, 6.45) is 2.12. The summed E-state index contributed by atoms with van der Waals surface area (Å²) >= 11 is 0. The molecule has 0 saturated carbocycles. The van der Waals surface area contributed by atoms with Crippen molar-refractivity contribution in [2.45, 2.75) is 19.4 Å². The molecule has 78 valence electrons. The second kappa shape index (κ2) is 4.91. The number of nitrogens with two attached hydrogens (primary N) is 1. The van der Waals surface area contributed by atoms with Crippen molar-refractivity contribution in [1.29, 1.82) is 0 Å². The van der Waals surface area contributed by atoms with Crippen LogP contribution in [-0.4, -0.2) is 24.6 Å². The monoisotopic (exact) mass is 197 g/mol. The lowest BCUT2D eigenvalue weighted by Gasteiger charge is -2.18. The number of halogens is 1. The van der Waals surface area contributed by atoms with E-state index in [2.05, 4.69) is 4.98 Å². The molecule has 0 bridgehead atoms. The molecule has 4 heteroatoms. The van der Waals surface area contributed by atoms with Gasteiger partial charge >= 0.3 is 0 Å². The molecule has 1 heterocycles. The second-order valence-electron chi connectivity index (χ2n) is 3.52. The van der Waals surface area contributed by atoms with Crippen molar-refractivity contribution in [2.75, 3.05) is 18.5 Å². The number of hydrogen-bond donors (Lipinski definition) is 1. The van der Waals surface area contributed by atoms with Crippen LogP contribution in [0.3, 0.4) is 0 Å². The Morgan fingerprint density at radius 2 is 2.29 bits per heavy atom. The van der Waals surface area contributed by atoms with Gasteiger partial charge in [0, 0.05) is 19.6 Å². The summed E-state index contributed by atoms with van der Waals surface area (Å²) in [5.74, 6) is 0.460. The van der Waals surface area contributed by atoms with E-state index in [4.69, 9.17) is 5.73 Å². The summed E-state index contributed by atoms with van der Waals surface area (Å²) in [5, 5.41) is 0. The fraction of sp³-hybridized carbons (Fsp3) is 0.500. The maximum absolute atomic E-state index is 12.6. The molecule has 0 spiro atoms. The van der Waals surface area contributed by atoms with Crippen molar-refractivity contribution in [1.82, 2.24) is 4.98 Å². The lowest BCUT2D eigenvalue weighted by molar-refractivity contribution is 0.618. The van der Waals surface area contributed by atoms with Gasteiger partial charge in [0.2, 0.25) is 0 Å². The maximum atomic E-state index is 12.6. The van der Waals surface area contributed by atoms with Gasteiger partial charge in [0.25, 0.3) is 0 Å². The third-order valence-electron chi connectivity index (χ3n) is 2.02. The zero-order valence-electron chi connectivity index (χ0n) is 8.57. The summed E-state index contributed by atoms with van der Waals surface area (Å²) in [5.41, 5.74) is 5.64. The average molecular weight is 197 g/mol. The quantitative estimate of drug-likeness (QED) is 0.793. The summed E-state index contributed by atoms with van der Waals surface area (Å²) in [6.45, 7) is 2.79. The van der Waals surface area contributed by atoms with Crippen LogP contribution in [0.5, 0.6) is 0 Å². The van der Waals surface area contributed by atoms with Gasteiger partial charge in [-0.15, -0.1) is 0 Å². The number of aromatic nitrogens is 1. The molecule has 0 amide bonds. The van der Waals surface area contributed by atoms with Crippen LogP contribution in [0.25, 0.3) is 0 Å². The summed E-state index contributed by atoms with van der Waals surface area (Å²) in [7, 11) is 1.92. The molecule has 0 aliphatic rings. The smallest absolute Gasteiger partial charge is 0.141 e. The van der Waals surface area contributed by atoms with Crippen LogP contribution in [-0.2, 0) is 0 Å². The number of anilines is 1. The fourth-order valence-corrected chi connectivity index (χ4v) is 1.11. The minimum atomic E-state index is -0.311. The van der Waals surface area contributed by atoms with E-state index in [1.54, 1.807) is 6.07 Å². The van der Waals surface area contributed by atoms with Gasteiger partial charge in [-0.05, 0) is 25.5 Å². The van der Waals surface area contributed by atoms with Crippen molar-refractivity contribution >= 4 is 5.82 Å². The van der Waals surface area contributed by atoms with E-state index in [1.807, 2.05) is 18.9 Å². The first-order valence-electron chi connectivity index (χ1n) is 4.68. The van der Waals surface area contributed by atoms with Crippen molar-refractivity contribution in [3.63, 3.8) is 0 Å². The van der Waals surface area contributed by atoms with E-state index in [0.717, 1.165) is 18.8 Å². The van der Waals surface area contributed by atoms with Gasteiger partial charge in [-0.2, -0.15) is 0 Å². The highest BCUT2D eigenvalue weighted by Gasteiger charge is 2.03. The van der Waals surface area contributed by atoms with Gasteiger partial charge in [-0.1, -0.05) is 0 Å². The molecule has 1 aromatic rings. The molecule has 3 nitrogen and oxygen atoms in total. The highest BCUT2D eigenvalue weighted by atomic mass is 19.1. The largest absolute Gasteiger partial charge is 0.360 e. The average Bonchev–Trinajstić information content (AvgIpc) is 2.15. The Balaban J connectivity index is 2.52. The molecule has 14 heavy (non-hydrogen) atoms. The zero-order valence-corrected chi connectivity index (χ0v) is 8.57. The number of pyridine rings is 1. The van der Waals surface area contributed by atoms with Gasteiger partial charge in [-0.25, -0.2) is 9.37 Å². The summed E-state index contributed by atoms with van der Waals surface area (Å²) in [4.78, 5) is 5.93. The van der Waals surface area contributed by atoms with Crippen LogP contribution in [0.4, 0.5) is 10.2 Å². The Kier molecular flexibility index (Phi) is 3.83. The van der Waals surface area contributed by atoms with Crippen molar-refractivity contribution in [3.8, 4) is 0 Å². The Hall–Kier alpha value is -1.16. The van der Waals surface area contributed by atoms with E-state index in [-0.39, 0.29) is 11.9 Å². The molecule has 0 aliphatic carbocycles. The molecule has 2 N–H and O–H groups in total. The molecule has 1 aromatic heterocycles. The molecule has 0 radical (unpaired) electrons. The van der Waals surface area contributed by atoms with Crippen LogP contribution in [0.2, 0.25) is 0 Å².